The highest BCUT2D eigenvalue weighted by atomic mass is 32.1. The number of unbranched alkanes of at least 4 members (excludes halogenated alkanes) is 1. The van der Waals surface area contributed by atoms with Gasteiger partial charge in [0.2, 0.25) is 0 Å². The van der Waals surface area contributed by atoms with Crippen LogP contribution in [-0.2, 0) is 13.0 Å². The second-order valence-electron chi connectivity index (χ2n) is 9.44. The van der Waals surface area contributed by atoms with Gasteiger partial charge in [-0.05, 0) is 50.3 Å². The van der Waals surface area contributed by atoms with Crippen LogP contribution in [0.5, 0.6) is 0 Å². The lowest BCUT2D eigenvalue weighted by Gasteiger charge is -2.26. The van der Waals surface area contributed by atoms with Crippen molar-refractivity contribution in [3.05, 3.63) is 52.7 Å². The van der Waals surface area contributed by atoms with Crippen LogP contribution in [0, 0.1) is 0 Å². The first-order valence-corrected chi connectivity index (χ1v) is 13.1. The Hall–Kier alpha value is -2.56. The molecule has 4 rings (SSSR count). The summed E-state index contributed by atoms with van der Waals surface area (Å²) in [6.45, 7) is 1.32. The standard InChI is InChI=1S/C26H32F3N5OS/c1-34(24-22-13-21(14-26(27,28)29)36-25(22)33-16-32-24)20-10-9-19(12-20)31-15-17-5-7-18(8-6-17)23(35)4-2-3-11-30/h5-8,13,16,19-20,31H,2-4,9-12,14-15,30H2,1H3/t19-,20+/m0/s1. The van der Waals surface area contributed by atoms with Crippen LogP contribution in [0.25, 0.3) is 10.2 Å². The summed E-state index contributed by atoms with van der Waals surface area (Å²) in [7, 11) is 1.96. The van der Waals surface area contributed by atoms with Crippen LogP contribution in [0.4, 0.5) is 19.0 Å². The van der Waals surface area contributed by atoms with Crippen molar-refractivity contribution in [1.82, 2.24) is 15.3 Å². The molecule has 1 saturated carbocycles. The van der Waals surface area contributed by atoms with E-state index in [0.717, 1.165) is 54.6 Å². The number of anilines is 1. The summed E-state index contributed by atoms with van der Waals surface area (Å²) in [5, 5.41) is 4.29. The highest BCUT2D eigenvalue weighted by molar-refractivity contribution is 7.18. The lowest BCUT2D eigenvalue weighted by atomic mass is 10.0. The normalized spacial score (nSPS) is 18.1. The Labute approximate surface area is 213 Å². The highest BCUT2D eigenvalue weighted by Gasteiger charge is 2.31. The predicted molar refractivity (Wildman–Crippen MR) is 138 cm³/mol. The monoisotopic (exact) mass is 519 g/mol. The van der Waals surface area contributed by atoms with E-state index >= 15 is 0 Å². The SMILES string of the molecule is CN(c1ncnc2sc(CC(F)(F)F)cc12)[C@@H]1CC[C@H](NCc2ccc(C(=O)CCCCN)cc2)C1. The number of Topliss-reactive ketones (excluding diaryl/α,β-unsaturated/α-hetero) is 1. The maximum Gasteiger partial charge on any atom is 0.393 e. The summed E-state index contributed by atoms with van der Waals surface area (Å²) in [4.78, 5) is 23.8. The first-order chi connectivity index (χ1) is 17.2. The number of hydrogen-bond acceptors (Lipinski definition) is 7. The van der Waals surface area contributed by atoms with E-state index < -0.39 is 12.6 Å². The molecule has 36 heavy (non-hydrogen) atoms. The molecule has 1 aliphatic carbocycles. The third-order valence-electron chi connectivity index (χ3n) is 6.75. The lowest BCUT2D eigenvalue weighted by molar-refractivity contribution is -0.126. The maximum atomic E-state index is 12.9. The quantitative estimate of drug-likeness (QED) is 0.266. The first kappa shape index (κ1) is 26.5. The topological polar surface area (TPSA) is 84.1 Å². The molecule has 0 aliphatic heterocycles. The van der Waals surface area contributed by atoms with E-state index in [1.165, 1.54) is 6.33 Å². The summed E-state index contributed by atoms with van der Waals surface area (Å²) >= 11 is 1.08. The fraction of sp³-hybridized carbons (Fsp3) is 0.500. The van der Waals surface area contributed by atoms with Crippen molar-refractivity contribution in [2.24, 2.45) is 5.73 Å². The molecule has 0 saturated heterocycles. The van der Waals surface area contributed by atoms with Gasteiger partial charge < -0.3 is 16.0 Å². The number of nitrogens with one attached hydrogen (secondary N) is 1. The number of alkyl halides is 3. The van der Waals surface area contributed by atoms with E-state index in [1.807, 2.05) is 31.3 Å². The van der Waals surface area contributed by atoms with Crippen LogP contribution >= 0.6 is 11.3 Å². The Morgan fingerprint density at radius 2 is 1.97 bits per heavy atom. The number of carbonyl (C=O) groups excluding carboxylic acids is 1. The molecule has 0 amide bonds. The Kier molecular flexibility index (Phi) is 8.58. The molecule has 0 spiro atoms. The van der Waals surface area contributed by atoms with Crippen molar-refractivity contribution in [3.8, 4) is 0 Å². The molecule has 3 N–H and O–H groups in total. The van der Waals surface area contributed by atoms with Gasteiger partial charge in [0.25, 0.3) is 0 Å². The number of carbonyl (C=O) groups is 1. The van der Waals surface area contributed by atoms with Crippen molar-refractivity contribution in [1.29, 1.82) is 0 Å². The second kappa shape index (κ2) is 11.7. The van der Waals surface area contributed by atoms with Gasteiger partial charge in [-0.3, -0.25) is 4.79 Å². The zero-order valence-electron chi connectivity index (χ0n) is 20.4. The minimum atomic E-state index is -4.25. The van der Waals surface area contributed by atoms with Crippen molar-refractivity contribution in [3.63, 3.8) is 0 Å². The van der Waals surface area contributed by atoms with E-state index in [9.17, 15) is 18.0 Å². The molecule has 0 radical (unpaired) electrons. The van der Waals surface area contributed by atoms with E-state index in [4.69, 9.17) is 5.73 Å². The molecule has 10 heteroatoms. The molecular formula is C26H32F3N5OS. The number of nitrogens with two attached hydrogens (primary N) is 1. The van der Waals surface area contributed by atoms with Crippen molar-refractivity contribution >= 4 is 33.2 Å². The van der Waals surface area contributed by atoms with Crippen molar-refractivity contribution in [2.45, 2.75) is 69.8 Å². The van der Waals surface area contributed by atoms with Crippen LogP contribution in [0.2, 0.25) is 0 Å². The molecule has 1 fully saturated rings. The smallest absolute Gasteiger partial charge is 0.356 e. The zero-order valence-corrected chi connectivity index (χ0v) is 21.2. The third-order valence-corrected chi connectivity index (χ3v) is 7.79. The zero-order chi connectivity index (χ0) is 25.7. The van der Waals surface area contributed by atoms with E-state index in [1.54, 1.807) is 6.07 Å². The van der Waals surface area contributed by atoms with E-state index in [2.05, 4.69) is 20.2 Å². The largest absolute Gasteiger partial charge is 0.393 e. The number of nitrogens with zero attached hydrogens (tertiary/aromatic N) is 3. The lowest BCUT2D eigenvalue weighted by Crippen LogP contribution is -2.33. The molecule has 2 heterocycles. The van der Waals surface area contributed by atoms with Gasteiger partial charge in [-0.2, -0.15) is 13.2 Å². The van der Waals surface area contributed by atoms with Gasteiger partial charge >= 0.3 is 6.18 Å². The van der Waals surface area contributed by atoms with E-state index in [0.29, 0.717) is 41.6 Å². The fourth-order valence-corrected chi connectivity index (χ4v) is 5.79. The van der Waals surface area contributed by atoms with Gasteiger partial charge in [-0.25, -0.2) is 9.97 Å². The number of fused-ring (bicyclic) bond motifs is 1. The number of hydrogen-bond donors (Lipinski definition) is 2. The summed E-state index contributed by atoms with van der Waals surface area (Å²) in [6.07, 6.45) is 1.33. The van der Waals surface area contributed by atoms with Gasteiger partial charge in [0.1, 0.15) is 17.0 Å². The van der Waals surface area contributed by atoms with Crippen LogP contribution in [0.1, 0.15) is 59.3 Å². The number of benzene rings is 1. The Morgan fingerprint density at radius 3 is 2.69 bits per heavy atom. The fourth-order valence-electron chi connectivity index (χ4n) is 4.77. The predicted octanol–water partition coefficient (Wildman–Crippen LogP) is 5.25. The third kappa shape index (κ3) is 6.80. The van der Waals surface area contributed by atoms with Gasteiger partial charge in [-0.15, -0.1) is 11.3 Å². The molecule has 1 aromatic carbocycles. The van der Waals surface area contributed by atoms with Gasteiger partial charge in [-0.1, -0.05) is 24.3 Å². The summed E-state index contributed by atoms with van der Waals surface area (Å²) in [5.74, 6) is 0.835. The summed E-state index contributed by atoms with van der Waals surface area (Å²) in [5.41, 5.74) is 7.35. The Bertz CT molecular complexity index is 1160. The number of halogens is 3. The Morgan fingerprint density at radius 1 is 1.19 bits per heavy atom. The molecule has 194 valence electrons. The second-order valence-corrected chi connectivity index (χ2v) is 10.6. The van der Waals surface area contributed by atoms with Crippen LogP contribution in [-0.4, -0.2) is 47.6 Å². The molecule has 6 nitrogen and oxygen atoms in total. The van der Waals surface area contributed by atoms with Gasteiger partial charge in [0, 0.05) is 42.5 Å². The average molecular weight is 520 g/mol. The first-order valence-electron chi connectivity index (χ1n) is 12.3. The molecule has 0 unspecified atom stereocenters. The minimum Gasteiger partial charge on any atom is -0.356 e. The Balaban J connectivity index is 1.32. The average Bonchev–Trinajstić information content (AvgIpc) is 3.48. The van der Waals surface area contributed by atoms with Crippen molar-refractivity contribution < 1.29 is 18.0 Å². The molecule has 2 aromatic heterocycles. The number of aromatic nitrogens is 2. The van der Waals surface area contributed by atoms with Crippen molar-refractivity contribution in [2.75, 3.05) is 18.5 Å². The molecule has 3 aromatic rings. The number of rotatable bonds is 11. The number of ketones is 1. The molecule has 1 aliphatic rings. The van der Waals surface area contributed by atoms with Crippen LogP contribution < -0.4 is 16.0 Å². The molecule has 0 bridgehead atoms. The van der Waals surface area contributed by atoms with E-state index in [-0.39, 0.29) is 16.7 Å². The maximum absolute atomic E-state index is 12.9. The highest BCUT2D eigenvalue weighted by Crippen LogP contribution is 2.35. The molecular weight excluding hydrogens is 487 g/mol. The van der Waals surface area contributed by atoms with Crippen LogP contribution in [0.15, 0.2) is 36.7 Å². The number of thiophene rings is 1. The van der Waals surface area contributed by atoms with Gasteiger partial charge in [0.15, 0.2) is 5.78 Å². The summed E-state index contributed by atoms with van der Waals surface area (Å²) in [6, 6.07) is 9.91. The molecule has 2 atom stereocenters. The minimum absolute atomic E-state index is 0.152. The van der Waals surface area contributed by atoms with Crippen LogP contribution in [0.3, 0.4) is 0 Å². The van der Waals surface area contributed by atoms with Gasteiger partial charge in [0.05, 0.1) is 11.8 Å². The summed E-state index contributed by atoms with van der Waals surface area (Å²) < 4.78 is 38.6.